The van der Waals surface area contributed by atoms with Crippen molar-refractivity contribution in [3.63, 3.8) is 0 Å². The SMILES string of the molecule is CCC(OC(=O)[C@@H]1CCC(=O)N1)C(=O)OC(C)C. The lowest BCUT2D eigenvalue weighted by Gasteiger charge is -2.18. The Morgan fingerprint density at radius 1 is 1.39 bits per heavy atom. The molecule has 0 spiro atoms. The van der Waals surface area contributed by atoms with E-state index in [0.29, 0.717) is 19.3 Å². The summed E-state index contributed by atoms with van der Waals surface area (Å²) in [6.07, 6.45) is -0.0907. The van der Waals surface area contributed by atoms with Gasteiger partial charge in [-0.25, -0.2) is 9.59 Å². The van der Waals surface area contributed by atoms with E-state index in [-0.39, 0.29) is 12.0 Å². The average Bonchev–Trinajstić information content (AvgIpc) is 2.71. The third-order valence-electron chi connectivity index (χ3n) is 2.52. The molecule has 0 aromatic heterocycles. The number of hydrogen-bond acceptors (Lipinski definition) is 5. The van der Waals surface area contributed by atoms with Gasteiger partial charge in [0.1, 0.15) is 6.04 Å². The number of amides is 1. The Morgan fingerprint density at radius 3 is 2.50 bits per heavy atom. The standard InChI is InChI=1S/C12H19NO5/c1-4-9(12(16)17-7(2)3)18-11(15)8-5-6-10(14)13-8/h7-9H,4-6H2,1-3H3,(H,13,14)/t8-,9?/m0/s1. The van der Waals surface area contributed by atoms with Gasteiger partial charge in [-0.1, -0.05) is 6.92 Å². The van der Waals surface area contributed by atoms with E-state index in [2.05, 4.69) is 5.32 Å². The molecule has 1 fully saturated rings. The second kappa shape index (κ2) is 6.37. The van der Waals surface area contributed by atoms with Crippen molar-refractivity contribution in [1.82, 2.24) is 5.32 Å². The van der Waals surface area contributed by atoms with E-state index < -0.39 is 24.1 Å². The number of rotatable bonds is 5. The Hall–Kier alpha value is -1.59. The van der Waals surface area contributed by atoms with E-state index in [9.17, 15) is 14.4 Å². The van der Waals surface area contributed by atoms with Crippen molar-refractivity contribution < 1.29 is 23.9 Å². The van der Waals surface area contributed by atoms with E-state index in [0.717, 1.165) is 0 Å². The predicted molar refractivity (Wildman–Crippen MR) is 62.6 cm³/mol. The van der Waals surface area contributed by atoms with Crippen molar-refractivity contribution in [3.05, 3.63) is 0 Å². The van der Waals surface area contributed by atoms with Gasteiger partial charge in [0.25, 0.3) is 0 Å². The highest BCUT2D eigenvalue weighted by atomic mass is 16.6. The smallest absolute Gasteiger partial charge is 0.347 e. The zero-order valence-corrected chi connectivity index (χ0v) is 10.9. The van der Waals surface area contributed by atoms with Crippen LogP contribution >= 0.6 is 0 Å². The van der Waals surface area contributed by atoms with Crippen LogP contribution in [0.1, 0.15) is 40.0 Å². The minimum absolute atomic E-state index is 0.172. The molecule has 0 aromatic rings. The van der Waals surface area contributed by atoms with Crippen LogP contribution in [0.15, 0.2) is 0 Å². The van der Waals surface area contributed by atoms with Gasteiger partial charge < -0.3 is 14.8 Å². The first-order chi connectivity index (χ1) is 8.43. The molecule has 1 N–H and O–H groups in total. The summed E-state index contributed by atoms with van der Waals surface area (Å²) in [6.45, 7) is 5.18. The van der Waals surface area contributed by atoms with Crippen LogP contribution in [0.4, 0.5) is 0 Å². The van der Waals surface area contributed by atoms with E-state index in [1.54, 1.807) is 20.8 Å². The summed E-state index contributed by atoms with van der Waals surface area (Å²) in [5.74, 6) is -1.30. The minimum Gasteiger partial charge on any atom is -0.460 e. The highest BCUT2D eigenvalue weighted by Gasteiger charge is 2.32. The third kappa shape index (κ3) is 4.01. The van der Waals surface area contributed by atoms with E-state index >= 15 is 0 Å². The van der Waals surface area contributed by atoms with Gasteiger partial charge in [-0.2, -0.15) is 0 Å². The van der Waals surface area contributed by atoms with Crippen molar-refractivity contribution >= 4 is 17.8 Å². The van der Waals surface area contributed by atoms with Crippen LogP contribution in [0, 0.1) is 0 Å². The first kappa shape index (κ1) is 14.5. The van der Waals surface area contributed by atoms with Crippen LogP contribution in [0.2, 0.25) is 0 Å². The number of carbonyl (C=O) groups excluding carboxylic acids is 3. The summed E-state index contributed by atoms with van der Waals surface area (Å²) < 4.78 is 10.1. The highest BCUT2D eigenvalue weighted by Crippen LogP contribution is 2.11. The van der Waals surface area contributed by atoms with Gasteiger partial charge in [0, 0.05) is 6.42 Å². The molecular weight excluding hydrogens is 238 g/mol. The average molecular weight is 257 g/mol. The molecule has 102 valence electrons. The Morgan fingerprint density at radius 2 is 2.06 bits per heavy atom. The van der Waals surface area contributed by atoms with Gasteiger partial charge in [0.15, 0.2) is 6.10 Å². The molecule has 0 bridgehead atoms. The summed E-state index contributed by atoms with van der Waals surface area (Å²) in [4.78, 5) is 34.3. The fourth-order valence-corrected chi connectivity index (χ4v) is 1.62. The van der Waals surface area contributed by atoms with Crippen LogP contribution in [-0.4, -0.2) is 36.1 Å². The molecule has 1 rings (SSSR count). The molecule has 0 saturated carbocycles. The molecule has 1 aliphatic heterocycles. The number of nitrogens with one attached hydrogen (secondary N) is 1. The normalized spacial score (nSPS) is 20.4. The van der Waals surface area contributed by atoms with Crippen molar-refractivity contribution in [2.75, 3.05) is 0 Å². The minimum atomic E-state index is -0.905. The molecule has 0 radical (unpaired) electrons. The van der Waals surface area contributed by atoms with Gasteiger partial charge in [-0.05, 0) is 26.7 Å². The zero-order valence-electron chi connectivity index (χ0n) is 10.9. The maximum absolute atomic E-state index is 11.7. The quantitative estimate of drug-likeness (QED) is 0.727. The second-order valence-electron chi connectivity index (χ2n) is 4.48. The zero-order chi connectivity index (χ0) is 13.7. The topological polar surface area (TPSA) is 81.7 Å². The van der Waals surface area contributed by atoms with E-state index in [1.807, 2.05) is 0 Å². The van der Waals surface area contributed by atoms with Crippen molar-refractivity contribution in [2.45, 2.75) is 58.3 Å². The van der Waals surface area contributed by atoms with Gasteiger partial charge in [0.05, 0.1) is 6.10 Å². The molecule has 1 amide bonds. The summed E-state index contributed by atoms with van der Waals surface area (Å²) in [7, 11) is 0. The predicted octanol–water partition coefficient (Wildman–Crippen LogP) is 0.538. The number of esters is 2. The highest BCUT2D eigenvalue weighted by molar-refractivity contribution is 5.89. The molecule has 1 saturated heterocycles. The van der Waals surface area contributed by atoms with E-state index in [4.69, 9.17) is 9.47 Å². The van der Waals surface area contributed by atoms with Crippen molar-refractivity contribution in [3.8, 4) is 0 Å². The Labute approximate surface area is 106 Å². The molecule has 1 heterocycles. The fourth-order valence-electron chi connectivity index (χ4n) is 1.62. The van der Waals surface area contributed by atoms with Gasteiger partial charge >= 0.3 is 11.9 Å². The number of hydrogen-bond donors (Lipinski definition) is 1. The summed E-state index contributed by atoms with van der Waals surface area (Å²) in [5, 5.41) is 2.50. The van der Waals surface area contributed by atoms with Crippen LogP contribution in [0.5, 0.6) is 0 Å². The summed E-state index contributed by atoms with van der Waals surface area (Å²) in [5.41, 5.74) is 0. The molecule has 1 aliphatic rings. The van der Waals surface area contributed by atoms with Gasteiger partial charge in [-0.3, -0.25) is 4.79 Å². The molecule has 0 aliphatic carbocycles. The van der Waals surface area contributed by atoms with Crippen LogP contribution < -0.4 is 5.32 Å². The Balaban J connectivity index is 2.49. The first-order valence-electron chi connectivity index (χ1n) is 6.14. The lowest BCUT2D eigenvalue weighted by atomic mass is 10.2. The van der Waals surface area contributed by atoms with Crippen molar-refractivity contribution in [2.24, 2.45) is 0 Å². The summed E-state index contributed by atoms with van der Waals surface area (Å²) >= 11 is 0. The van der Waals surface area contributed by atoms with Crippen molar-refractivity contribution in [1.29, 1.82) is 0 Å². The third-order valence-corrected chi connectivity index (χ3v) is 2.52. The van der Waals surface area contributed by atoms with Gasteiger partial charge in [0.2, 0.25) is 5.91 Å². The first-order valence-corrected chi connectivity index (χ1v) is 6.14. The lowest BCUT2D eigenvalue weighted by Crippen LogP contribution is -2.39. The molecule has 6 heteroatoms. The van der Waals surface area contributed by atoms with Gasteiger partial charge in [-0.15, -0.1) is 0 Å². The maximum Gasteiger partial charge on any atom is 0.347 e. The van der Waals surface area contributed by atoms with E-state index in [1.165, 1.54) is 0 Å². The molecule has 6 nitrogen and oxygen atoms in total. The number of ether oxygens (including phenoxy) is 2. The molecule has 1 unspecified atom stereocenters. The maximum atomic E-state index is 11.7. The molecule has 2 atom stereocenters. The summed E-state index contributed by atoms with van der Waals surface area (Å²) in [6, 6.07) is -0.640. The monoisotopic (exact) mass is 257 g/mol. The van der Waals surface area contributed by atoms with Crippen LogP contribution in [0.25, 0.3) is 0 Å². The fraction of sp³-hybridized carbons (Fsp3) is 0.750. The molecule has 18 heavy (non-hydrogen) atoms. The lowest BCUT2D eigenvalue weighted by molar-refractivity contribution is -0.171. The Bertz CT molecular complexity index is 339. The van der Waals surface area contributed by atoms with Crippen LogP contribution in [-0.2, 0) is 23.9 Å². The second-order valence-corrected chi connectivity index (χ2v) is 4.48. The van der Waals surface area contributed by atoms with Crippen LogP contribution in [0.3, 0.4) is 0 Å². The molecule has 0 aromatic carbocycles. The number of carbonyl (C=O) groups is 3. The Kier molecular flexibility index (Phi) is 5.12. The largest absolute Gasteiger partial charge is 0.460 e. The molecular formula is C12H19NO5.